The molecule has 1 rings (SSSR count). The van der Waals surface area contributed by atoms with Crippen molar-refractivity contribution in [3.8, 4) is 0 Å². The molecule has 1 aliphatic rings. The largest absolute Gasteiger partial charge is 0.381 e. The number of hydrogen-bond donors (Lipinski definition) is 0. The topological polar surface area (TPSA) is 21.7 Å². The van der Waals surface area contributed by atoms with Crippen molar-refractivity contribution >= 4 is 0 Å². The summed E-state index contributed by atoms with van der Waals surface area (Å²) in [7, 11) is 0. The maximum absolute atomic E-state index is 5.92. The minimum Gasteiger partial charge on any atom is -0.381 e. The molecule has 0 aromatic rings. The van der Waals surface area contributed by atoms with Gasteiger partial charge in [0, 0.05) is 26.2 Å². The number of ether oxygens (including phenoxy) is 2. The van der Waals surface area contributed by atoms with Gasteiger partial charge in [0.25, 0.3) is 0 Å². The quantitative estimate of drug-likeness (QED) is 0.627. The minimum absolute atomic E-state index is 0.357. The van der Waals surface area contributed by atoms with Gasteiger partial charge >= 0.3 is 0 Å². The molecule has 0 aromatic carbocycles. The van der Waals surface area contributed by atoms with Gasteiger partial charge in [0.05, 0.1) is 18.8 Å². The molecule has 132 valence electrons. The zero-order valence-corrected chi connectivity index (χ0v) is 16.0. The number of rotatable bonds is 8. The molecule has 1 fully saturated rings. The third-order valence-corrected chi connectivity index (χ3v) is 4.18. The molecule has 22 heavy (non-hydrogen) atoms. The zero-order valence-electron chi connectivity index (χ0n) is 16.0. The van der Waals surface area contributed by atoms with Crippen LogP contribution in [0.15, 0.2) is 0 Å². The second kappa shape index (κ2) is 9.24. The van der Waals surface area contributed by atoms with E-state index < -0.39 is 0 Å². The maximum Gasteiger partial charge on any atom is 0.0678 e. The van der Waals surface area contributed by atoms with Gasteiger partial charge in [-0.05, 0) is 43.9 Å². The van der Waals surface area contributed by atoms with Crippen LogP contribution in [-0.2, 0) is 9.47 Å². The second-order valence-corrected chi connectivity index (χ2v) is 8.81. The first-order chi connectivity index (χ1) is 10.2. The fourth-order valence-electron chi connectivity index (χ4n) is 3.64. The molecule has 1 heterocycles. The Hall–Kier alpha value is -0.120. The van der Waals surface area contributed by atoms with E-state index in [0.717, 1.165) is 38.8 Å². The van der Waals surface area contributed by atoms with Crippen molar-refractivity contribution in [2.75, 3.05) is 32.8 Å². The molecule has 0 amide bonds. The monoisotopic (exact) mass is 313 g/mol. The Morgan fingerprint density at radius 2 is 1.68 bits per heavy atom. The fraction of sp³-hybridized carbons (Fsp3) is 1.00. The predicted molar refractivity (Wildman–Crippen MR) is 94.3 cm³/mol. The first kappa shape index (κ1) is 19.9. The molecule has 0 aromatic heterocycles. The summed E-state index contributed by atoms with van der Waals surface area (Å²) in [6.07, 6.45) is 3.16. The van der Waals surface area contributed by atoms with E-state index in [2.05, 4.69) is 53.4 Å². The molecule has 4 unspecified atom stereocenters. The Bertz CT molecular complexity index is 290. The van der Waals surface area contributed by atoms with Crippen molar-refractivity contribution < 1.29 is 9.47 Å². The number of nitrogens with zero attached hydrogens (tertiary/aromatic N) is 1. The van der Waals surface area contributed by atoms with Crippen molar-refractivity contribution in [1.82, 2.24) is 4.90 Å². The minimum atomic E-state index is 0.357. The van der Waals surface area contributed by atoms with E-state index in [-0.39, 0.29) is 0 Å². The summed E-state index contributed by atoms with van der Waals surface area (Å²) >= 11 is 0. The molecular formula is C19H39NO2. The van der Waals surface area contributed by atoms with Gasteiger partial charge < -0.3 is 9.47 Å². The summed E-state index contributed by atoms with van der Waals surface area (Å²) in [5.41, 5.74) is 0.427. The third kappa shape index (κ3) is 9.12. The van der Waals surface area contributed by atoms with Crippen molar-refractivity contribution in [2.24, 2.45) is 17.3 Å². The Balaban J connectivity index is 2.12. The molecule has 0 aliphatic carbocycles. The van der Waals surface area contributed by atoms with Gasteiger partial charge in [-0.1, -0.05) is 34.6 Å². The summed E-state index contributed by atoms with van der Waals surface area (Å²) in [5, 5.41) is 0. The fourth-order valence-corrected chi connectivity index (χ4v) is 3.64. The predicted octanol–water partition coefficient (Wildman–Crippen LogP) is 4.21. The molecule has 1 aliphatic heterocycles. The lowest BCUT2D eigenvalue weighted by atomic mass is 9.84. The molecule has 4 atom stereocenters. The van der Waals surface area contributed by atoms with E-state index in [9.17, 15) is 0 Å². The van der Waals surface area contributed by atoms with Crippen LogP contribution in [0.3, 0.4) is 0 Å². The number of hydrogen-bond acceptors (Lipinski definition) is 3. The smallest absolute Gasteiger partial charge is 0.0678 e. The van der Waals surface area contributed by atoms with Crippen LogP contribution in [0.4, 0.5) is 0 Å². The van der Waals surface area contributed by atoms with E-state index >= 15 is 0 Å². The lowest BCUT2D eigenvalue weighted by Gasteiger charge is -2.36. The van der Waals surface area contributed by atoms with Gasteiger partial charge in [0.1, 0.15) is 0 Å². The van der Waals surface area contributed by atoms with Crippen molar-refractivity contribution in [3.05, 3.63) is 0 Å². The molecule has 3 heteroatoms. The Kier molecular flexibility index (Phi) is 8.37. The van der Waals surface area contributed by atoms with Gasteiger partial charge in [-0.2, -0.15) is 0 Å². The van der Waals surface area contributed by atoms with Crippen LogP contribution in [0.25, 0.3) is 0 Å². The van der Waals surface area contributed by atoms with Gasteiger partial charge in [-0.15, -0.1) is 0 Å². The molecule has 3 nitrogen and oxygen atoms in total. The van der Waals surface area contributed by atoms with Gasteiger partial charge in [0.2, 0.25) is 0 Å². The first-order valence-corrected chi connectivity index (χ1v) is 9.11. The lowest BCUT2D eigenvalue weighted by Crippen LogP contribution is -2.47. The second-order valence-electron chi connectivity index (χ2n) is 8.81. The highest BCUT2D eigenvalue weighted by Crippen LogP contribution is 2.25. The first-order valence-electron chi connectivity index (χ1n) is 9.11. The van der Waals surface area contributed by atoms with E-state index in [1.165, 1.54) is 12.8 Å². The van der Waals surface area contributed by atoms with Crippen LogP contribution in [0, 0.1) is 17.3 Å². The van der Waals surface area contributed by atoms with Crippen molar-refractivity contribution in [3.63, 3.8) is 0 Å². The van der Waals surface area contributed by atoms with E-state index in [4.69, 9.17) is 9.47 Å². The van der Waals surface area contributed by atoms with Crippen LogP contribution in [-0.4, -0.2) is 50.0 Å². The molecule has 0 spiro atoms. The van der Waals surface area contributed by atoms with Gasteiger partial charge in [0.15, 0.2) is 0 Å². The van der Waals surface area contributed by atoms with Crippen LogP contribution in [0.5, 0.6) is 0 Å². The highest BCUT2D eigenvalue weighted by molar-refractivity contribution is 4.74. The van der Waals surface area contributed by atoms with Gasteiger partial charge in [-0.25, -0.2) is 0 Å². The molecule has 0 bridgehead atoms. The van der Waals surface area contributed by atoms with Crippen LogP contribution in [0.1, 0.15) is 61.3 Å². The molecular weight excluding hydrogens is 274 g/mol. The van der Waals surface area contributed by atoms with E-state index in [1.807, 2.05) is 0 Å². The van der Waals surface area contributed by atoms with Gasteiger partial charge in [-0.3, -0.25) is 4.90 Å². The number of morpholine rings is 1. The molecule has 0 saturated carbocycles. The normalized spacial score (nSPS) is 26.9. The lowest BCUT2D eigenvalue weighted by molar-refractivity contribution is -0.0735. The highest BCUT2D eigenvalue weighted by Gasteiger charge is 2.23. The summed E-state index contributed by atoms with van der Waals surface area (Å²) < 4.78 is 11.7. The van der Waals surface area contributed by atoms with Crippen LogP contribution in [0.2, 0.25) is 0 Å². The Morgan fingerprint density at radius 1 is 1.09 bits per heavy atom. The van der Waals surface area contributed by atoms with Crippen molar-refractivity contribution in [2.45, 2.75) is 73.5 Å². The standard InChI is InChI=1S/C19H39NO2/c1-15(10-19(5,6)7)8-9-21-14-16(2)11-20-12-17(3)22-18(4)13-20/h15-18H,8-14H2,1-7H3. The summed E-state index contributed by atoms with van der Waals surface area (Å²) in [5.74, 6) is 1.34. The zero-order chi connectivity index (χ0) is 16.8. The van der Waals surface area contributed by atoms with Crippen LogP contribution < -0.4 is 0 Å². The maximum atomic E-state index is 5.92. The van der Waals surface area contributed by atoms with Crippen molar-refractivity contribution in [1.29, 1.82) is 0 Å². The SMILES string of the molecule is CC(COCCC(C)CC(C)(C)C)CN1CC(C)OC(C)C1. The summed E-state index contributed by atoms with van der Waals surface area (Å²) in [6.45, 7) is 20.9. The highest BCUT2D eigenvalue weighted by atomic mass is 16.5. The Morgan fingerprint density at radius 3 is 2.23 bits per heavy atom. The average molecular weight is 314 g/mol. The molecule has 0 radical (unpaired) electrons. The Labute approximate surface area is 138 Å². The molecule has 1 saturated heterocycles. The molecule has 0 N–H and O–H groups in total. The van der Waals surface area contributed by atoms with Crippen LogP contribution >= 0.6 is 0 Å². The summed E-state index contributed by atoms with van der Waals surface area (Å²) in [4.78, 5) is 2.52. The third-order valence-electron chi connectivity index (χ3n) is 4.18. The average Bonchev–Trinajstić information content (AvgIpc) is 2.31. The summed E-state index contributed by atoms with van der Waals surface area (Å²) in [6, 6.07) is 0. The van der Waals surface area contributed by atoms with E-state index in [0.29, 0.717) is 23.5 Å². The van der Waals surface area contributed by atoms with E-state index in [1.54, 1.807) is 0 Å².